The zero-order chi connectivity index (χ0) is 12.0. The van der Waals surface area contributed by atoms with Gasteiger partial charge in [0, 0.05) is 5.41 Å². The molecule has 4 saturated carbocycles. The van der Waals surface area contributed by atoms with Crippen LogP contribution in [-0.4, -0.2) is 23.7 Å². The molecular formula is C13H18O4. The Balaban J connectivity index is 1.66. The minimum Gasteiger partial charge on any atom is -0.473 e. The SMILES string of the molecule is O=C(O)C(=O)OCC12CC3CC(CC(C3)C1)C2. The summed E-state index contributed by atoms with van der Waals surface area (Å²) in [6.07, 6.45) is 7.41. The summed E-state index contributed by atoms with van der Waals surface area (Å²) in [6.45, 7) is 0.321. The second-order valence-corrected chi connectivity index (χ2v) is 6.30. The lowest BCUT2D eigenvalue weighted by Gasteiger charge is -2.56. The van der Waals surface area contributed by atoms with Crippen molar-refractivity contribution < 1.29 is 19.4 Å². The van der Waals surface area contributed by atoms with E-state index >= 15 is 0 Å². The molecule has 4 nitrogen and oxygen atoms in total. The van der Waals surface area contributed by atoms with Crippen LogP contribution in [0.15, 0.2) is 0 Å². The second kappa shape index (κ2) is 3.72. The van der Waals surface area contributed by atoms with Crippen LogP contribution < -0.4 is 0 Å². The van der Waals surface area contributed by atoms with Crippen LogP contribution in [0.4, 0.5) is 0 Å². The number of hydrogen-bond donors (Lipinski definition) is 1. The topological polar surface area (TPSA) is 63.6 Å². The van der Waals surface area contributed by atoms with Gasteiger partial charge in [0.15, 0.2) is 0 Å². The maximum atomic E-state index is 11.0. The zero-order valence-corrected chi connectivity index (χ0v) is 9.85. The van der Waals surface area contributed by atoms with Crippen molar-refractivity contribution in [1.82, 2.24) is 0 Å². The first-order valence-electron chi connectivity index (χ1n) is 6.46. The second-order valence-electron chi connectivity index (χ2n) is 6.30. The van der Waals surface area contributed by atoms with E-state index in [9.17, 15) is 9.59 Å². The Hall–Kier alpha value is -1.06. The number of aliphatic carboxylic acids is 1. The van der Waals surface area contributed by atoms with Gasteiger partial charge in [0.1, 0.15) is 0 Å². The van der Waals surface area contributed by atoms with E-state index < -0.39 is 11.9 Å². The van der Waals surface area contributed by atoms with Crippen LogP contribution in [0.25, 0.3) is 0 Å². The minimum absolute atomic E-state index is 0.111. The summed E-state index contributed by atoms with van der Waals surface area (Å²) in [5.41, 5.74) is 0.111. The van der Waals surface area contributed by atoms with Crippen LogP contribution in [0.3, 0.4) is 0 Å². The standard InChI is InChI=1S/C13H18O4/c14-11(15)12(16)17-7-13-4-8-1-9(5-13)3-10(2-8)6-13/h8-10H,1-7H2,(H,14,15). The van der Waals surface area contributed by atoms with Gasteiger partial charge in [0.2, 0.25) is 0 Å². The average Bonchev–Trinajstić information content (AvgIpc) is 2.24. The fourth-order valence-corrected chi connectivity index (χ4v) is 4.75. The molecule has 0 heterocycles. The van der Waals surface area contributed by atoms with Gasteiger partial charge in [-0.3, -0.25) is 0 Å². The highest BCUT2D eigenvalue weighted by Gasteiger charge is 2.51. The maximum absolute atomic E-state index is 11.0. The molecule has 0 unspecified atom stereocenters. The summed E-state index contributed by atoms with van der Waals surface area (Å²) in [7, 11) is 0. The molecule has 4 aliphatic rings. The molecule has 0 aromatic heterocycles. The predicted molar refractivity (Wildman–Crippen MR) is 59.2 cm³/mol. The molecule has 4 fully saturated rings. The molecule has 0 aromatic carbocycles. The molecule has 4 aliphatic carbocycles. The van der Waals surface area contributed by atoms with Gasteiger partial charge in [-0.05, 0) is 56.3 Å². The van der Waals surface area contributed by atoms with Gasteiger partial charge in [-0.1, -0.05) is 0 Å². The predicted octanol–water partition coefficient (Wildman–Crippen LogP) is 1.83. The van der Waals surface area contributed by atoms with E-state index in [2.05, 4.69) is 0 Å². The van der Waals surface area contributed by atoms with E-state index in [1.165, 1.54) is 19.3 Å². The maximum Gasteiger partial charge on any atom is 0.417 e. The first-order chi connectivity index (χ1) is 8.06. The lowest BCUT2D eigenvalue weighted by molar-refractivity contribution is -0.170. The highest BCUT2D eigenvalue weighted by molar-refractivity contribution is 6.28. The summed E-state index contributed by atoms with van der Waals surface area (Å²) >= 11 is 0. The number of ether oxygens (including phenoxy) is 1. The molecule has 0 saturated heterocycles. The molecule has 0 aromatic rings. The molecule has 94 valence electrons. The molecular weight excluding hydrogens is 220 g/mol. The molecule has 0 amide bonds. The van der Waals surface area contributed by atoms with Crippen LogP contribution in [0.2, 0.25) is 0 Å². The van der Waals surface area contributed by atoms with Gasteiger partial charge in [0.05, 0.1) is 6.61 Å². The molecule has 17 heavy (non-hydrogen) atoms. The van der Waals surface area contributed by atoms with E-state index in [1.807, 2.05) is 0 Å². The third-order valence-electron chi connectivity index (χ3n) is 4.85. The number of carbonyl (C=O) groups excluding carboxylic acids is 1. The Kier molecular flexibility index (Phi) is 2.42. The molecule has 0 aliphatic heterocycles. The van der Waals surface area contributed by atoms with Crippen molar-refractivity contribution in [3.63, 3.8) is 0 Å². The fourth-order valence-electron chi connectivity index (χ4n) is 4.75. The largest absolute Gasteiger partial charge is 0.473 e. The Bertz CT molecular complexity index is 325. The fraction of sp³-hybridized carbons (Fsp3) is 0.846. The van der Waals surface area contributed by atoms with Crippen LogP contribution in [0, 0.1) is 23.2 Å². The lowest BCUT2D eigenvalue weighted by Crippen LogP contribution is -2.48. The summed E-state index contributed by atoms with van der Waals surface area (Å²) in [5, 5.41) is 8.52. The van der Waals surface area contributed by atoms with E-state index in [4.69, 9.17) is 9.84 Å². The van der Waals surface area contributed by atoms with Crippen LogP contribution in [0.5, 0.6) is 0 Å². The highest BCUT2D eigenvalue weighted by Crippen LogP contribution is 2.59. The summed E-state index contributed by atoms with van der Waals surface area (Å²) < 4.78 is 4.95. The molecule has 0 atom stereocenters. The Morgan fingerprint density at radius 1 is 1.06 bits per heavy atom. The molecule has 0 spiro atoms. The lowest BCUT2D eigenvalue weighted by atomic mass is 9.50. The quantitative estimate of drug-likeness (QED) is 0.589. The van der Waals surface area contributed by atoms with Crippen molar-refractivity contribution in [3.8, 4) is 0 Å². The molecule has 4 rings (SSSR count). The average molecular weight is 238 g/mol. The van der Waals surface area contributed by atoms with E-state index in [0.29, 0.717) is 6.61 Å². The minimum atomic E-state index is -1.48. The van der Waals surface area contributed by atoms with Crippen molar-refractivity contribution in [2.24, 2.45) is 23.2 Å². The highest BCUT2D eigenvalue weighted by atomic mass is 16.6. The Labute approximate surface area is 100 Å². The zero-order valence-electron chi connectivity index (χ0n) is 9.85. The van der Waals surface area contributed by atoms with Crippen molar-refractivity contribution in [1.29, 1.82) is 0 Å². The van der Waals surface area contributed by atoms with Crippen LogP contribution >= 0.6 is 0 Å². The number of hydrogen-bond acceptors (Lipinski definition) is 3. The van der Waals surface area contributed by atoms with E-state index in [1.54, 1.807) is 0 Å². The third-order valence-corrected chi connectivity index (χ3v) is 4.85. The van der Waals surface area contributed by atoms with Gasteiger partial charge in [0.25, 0.3) is 0 Å². The first kappa shape index (κ1) is 11.1. The van der Waals surface area contributed by atoms with Crippen molar-refractivity contribution in [3.05, 3.63) is 0 Å². The number of carboxylic acid groups (broad SMARTS) is 1. The number of carboxylic acids is 1. The van der Waals surface area contributed by atoms with Gasteiger partial charge in [-0.2, -0.15) is 0 Å². The van der Waals surface area contributed by atoms with Crippen molar-refractivity contribution in [2.75, 3.05) is 6.61 Å². The van der Waals surface area contributed by atoms with Crippen LogP contribution in [-0.2, 0) is 14.3 Å². The van der Waals surface area contributed by atoms with Crippen LogP contribution in [0.1, 0.15) is 38.5 Å². The Morgan fingerprint density at radius 3 is 1.94 bits per heavy atom. The Morgan fingerprint density at radius 2 is 1.53 bits per heavy atom. The number of esters is 1. The summed E-state index contributed by atoms with van der Waals surface area (Å²) in [6, 6.07) is 0. The van der Waals surface area contributed by atoms with Gasteiger partial charge >= 0.3 is 11.9 Å². The van der Waals surface area contributed by atoms with E-state index in [-0.39, 0.29) is 5.41 Å². The van der Waals surface area contributed by atoms with Gasteiger partial charge < -0.3 is 9.84 Å². The summed E-state index contributed by atoms with van der Waals surface area (Å²) in [4.78, 5) is 21.5. The third kappa shape index (κ3) is 1.94. The summed E-state index contributed by atoms with van der Waals surface area (Å²) in [5.74, 6) is -0.185. The molecule has 1 N–H and O–H groups in total. The molecule has 0 radical (unpaired) electrons. The van der Waals surface area contributed by atoms with Gasteiger partial charge in [-0.15, -0.1) is 0 Å². The number of carbonyl (C=O) groups is 2. The van der Waals surface area contributed by atoms with Gasteiger partial charge in [-0.25, -0.2) is 9.59 Å². The molecule has 4 heteroatoms. The van der Waals surface area contributed by atoms with E-state index in [0.717, 1.165) is 37.0 Å². The monoisotopic (exact) mass is 238 g/mol. The normalized spacial score (nSPS) is 42.5. The van der Waals surface area contributed by atoms with Crippen molar-refractivity contribution in [2.45, 2.75) is 38.5 Å². The first-order valence-corrected chi connectivity index (χ1v) is 6.46. The smallest absolute Gasteiger partial charge is 0.417 e. The van der Waals surface area contributed by atoms with Crippen molar-refractivity contribution >= 4 is 11.9 Å². The number of rotatable bonds is 2. The molecule has 4 bridgehead atoms.